The van der Waals surface area contributed by atoms with Crippen LogP contribution in [0.1, 0.15) is 5.56 Å². The summed E-state index contributed by atoms with van der Waals surface area (Å²) in [6.45, 7) is -0.808. The van der Waals surface area contributed by atoms with Crippen LogP contribution in [0, 0.1) is 10.1 Å². The van der Waals surface area contributed by atoms with E-state index in [1.807, 2.05) is 0 Å². The molecule has 0 aliphatic heterocycles. The van der Waals surface area contributed by atoms with Gasteiger partial charge in [0.05, 0.1) is 11.1 Å². The van der Waals surface area contributed by atoms with Crippen LogP contribution in [0.4, 0.5) is 18.9 Å². The van der Waals surface area contributed by atoms with Crippen LogP contribution in [-0.2, 0) is 17.9 Å². The number of pyridine rings is 1. The van der Waals surface area contributed by atoms with Crippen LogP contribution in [0.3, 0.4) is 0 Å². The van der Waals surface area contributed by atoms with E-state index in [0.29, 0.717) is 0 Å². The SMILES string of the molecule is O=C(Cn1cc([N+](=O)[O-])ccc1=O)NCc1ccccc1OC(F)(F)F. The third kappa shape index (κ3) is 5.33. The Hall–Kier alpha value is -3.37. The minimum Gasteiger partial charge on any atom is -0.405 e. The number of nitrogens with one attached hydrogen (secondary N) is 1. The van der Waals surface area contributed by atoms with E-state index in [2.05, 4.69) is 10.1 Å². The highest BCUT2D eigenvalue weighted by atomic mass is 19.4. The van der Waals surface area contributed by atoms with E-state index in [0.717, 1.165) is 29.0 Å². The lowest BCUT2D eigenvalue weighted by Crippen LogP contribution is -2.31. The molecule has 0 saturated carbocycles. The molecule has 1 N–H and O–H groups in total. The van der Waals surface area contributed by atoms with Crippen LogP contribution in [0.5, 0.6) is 5.75 Å². The summed E-state index contributed by atoms with van der Waals surface area (Å²) in [5.41, 5.74) is -0.933. The molecule has 0 bridgehead atoms. The Bertz CT molecular complexity index is 879. The number of amides is 1. The van der Waals surface area contributed by atoms with Crippen molar-refractivity contribution in [2.45, 2.75) is 19.5 Å². The van der Waals surface area contributed by atoms with Gasteiger partial charge in [0.2, 0.25) is 5.91 Å². The van der Waals surface area contributed by atoms with Gasteiger partial charge in [-0.1, -0.05) is 18.2 Å². The number of hydrogen-bond acceptors (Lipinski definition) is 5. The van der Waals surface area contributed by atoms with E-state index < -0.39 is 35.0 Å². The van der Waals surface area contributed by atoms with Crippen molar-refractivity contribution in [1.82, 2.24) is 9.88 Å². The first-order chi connectivity index (χ1) is 12.2. The Balaban J connectivity index is 2.05. The van der Waals surface area contributed by atoms with Crippen molar-refractivity contribution in [3.05, 3.63) is 68.6 Å². The monoisotopic (exact) mass is 371 g/mol. The normalized spacial score (nSPS) is 11.0. The molecule has 2 rings (SSSR count). The summed E-state index contributed by atoms with van der Waals surface area (Å²) in [5.74, 6) is -1.18. The lowest BCUT2D eigenvalue weighted by molar-refractivity contribution is -0.385. The topological polar surface area (TPSA) is 103 Å². The molecule has 11 heteroatoms. The second kappa shape index (κ2) is 7.68. The van der Waals surface area contributed by atoms with Gasteiger partial charge < -0.3 is 10.1 Å². The molecule has 138 valence electrons. The molecular weight excluding hydrogens is 359 g/mol. The Kier molecular flexibility index (Phi) is 5.60. The van der Waals surface area contributed by atoms with Gasteiger partial charge in [0.25, 0.3) is 11.2 Å². The Morgan fingerprint density at radius 1 is 1.23 bits per heavy atom. The highest BCUT2D eigenvalue weighted by Crippen LogP contribution is 2.26. The van der Waals surface area contributed by atoms with E-state index in [1.165, 1.54) is 18.2 Å². The fraction of sp³-hybridized carbons (Fsp3) is 0.200. The van der Waals surface area contributed by atoms with Crippen LogP contribution in [-0.4, -0.2) is 21.8 Å². The van der Waals surface area contributed by atoms with Gasteiger partial charge in [-0.2, -0.15) is 0 Å². The molecule has 0 aliphatic rings. The van der Waals surface area contributed by atoms with Crippen molar-refractivity contribution in [3.63, 3.8) is 0 Å². The van der Waals surface area contributed by atoms with E-state index in [-0.39, 0.29) is 17.8 Å². The summed E-state index contributed by atoms with van der Waals surface area (Å²) in [4.78, 5) is 33.5. The summed E-state index contributed by atoms with van der Waals surface area (Å²) in [6, 6.07) is 7.19. The molecule has 0 fully saturated rings. The first-order valence-corrected chi connectivity index (χ1v) is 7.11. The van der Waals surface area contributed by atoms with Crippen molar-refractivity contribution in [3.8, 4) is 5.75 Å². The van der Waals surface area contributed by atoms with Crippen LogP contribution >= 0.6 is 0 Å². The third-order valence-electron chi connectivity index (χ3n) is 3.17. The molecule has 0 atom stereocenters. The molecule has 1 heterocycles. The molecule has 0 unspecified atom stereocenters. The number of hydrogen-bond donors (Lipinski definition) is 1. The van der Waals surface area contributed by atoms with Gasteiger partial charge in [-0.3, -0.25) is 24.3 Å². The minimum absolute atomic E-state index is 0.0737. The molecule has 1 aromatic heterocycles. The average Bonchev–Trinajstić information content (AvgIpc) is 2.54. The predicted octanol–water partition coefficient (Wildman–Crippen LogP) is 1.97. The Morgan fingerprint density at radius 2 is 1.92 bits per heavy atom. The summed E-state index contributed by atoms with van der Waals surface area (Å²) in [7, 11) is 0. The first kappa shape index (κ1) is 19.0. The van der Waals surface area contributed by atoms with Gasteiger partial charge in [-0.05, 0) is 6.07 Å². The zero-order chi connectivity index (χ0) is 19.3. The van der Waals surface area contributed by atoms with Crippen molar-refractivity contribution < 1.29 is 27.6 Å². The highest BCUT2D eigenvalue weighted by molar-refractivity contribution is 5.75. The number of nitrogens with zero attached hydrogens (tertiary/aromatic N) is 2. The quantitative estimate of drug-likeness (QED) is 0.618. The minimum atomic E-state index is -4.88. The van der Waals surface area contributed by atoms with Crippen LogP contribution in [0.2, 0.25) is 0 Å². The molecule has 1 aromatic carbocycles. The first-order valence-electron chi connectivity index (χ1n) is 7.11. The average molecular weight is 371 g/mol. The van der Waals surface area contributed by atoms with E-state index in [4.69, 9.17) is 0 Å². The van der Waals surface area contributed by atoms with Crippen molar-refractivity contribution in [1.29, 1.82) is 0 Å². The summed E-state index contributed by atoms with van der Waals surface area (Å²) in [6.07, 6.45) is -3.97. The van der Waals surface area contributed by atoms with Gasteiger partial charge in [0.1, 0.15) is 12.3 Å². The maximum Gasteiger partial charge on any atom is 0.573 e. The number of aromatic nitrogens is 1. The number of rotatable bonds is 6. The molecule has 8 nitrogen and oxygen atoms in total. The number of carbonyl (C=O) groups is 1. The number of alkyl halides is 3. The number of ether oxygens (including phenoxy) is 1. The van der Waals surface area contributed by atoms with E-state index >= 15 is 0 Å². The number of nitro groups is 1. The van der Waals surface area contributed by atoms with Crippen molar-refractivity contribution in [2.75, 3.05) is 0 Å². The lowest BCUT2D eigenvalue weighted by atomic mass is 10.2. The predicted molar refractivity (Wildman–Crippen MR) is 82.3 cm³/mol. The van der Waals surface area contributed by atoms with Crippen LogP contribution < -0.4 is 15.6 Å². The van der Waals surface area contributed by atoms with Gasteiger partial charge in [-0.15, -0.1) is 13.2 Å². The Morgan fingerprint density at radius 3 is 2.58 bits per heavy atom. The molecule has 2 aromatic rings. The van der Waals surface area contributed by atoms with Gasteiger partial charge >= 0.3 is 6.36 Å². The molecule has 0 radical (unpaired) electrons. The highest BCUT2D eigenvalue weighted by Gasteiger charge is 2.31. The fourth-order valence-corrected chi connectivity index (χ4v) is 2.03. The number of halogens is 3. The largest absolute Gasteiger partial charge is 0.573 e. The van der Waals surface area contributed by atoms with Crippen molar-refractivity contribution >= 4 is 11.6 Å². The smallest absolute Gasteiger partial charge is 0.405 e. The summed E-state index contributed by atoms with van der Waals surface area (Å²) < 4.78 is 41.7. The molecule has 0 saturated heterocycles. The second-order valence-corrected chi connectivity index (χ2v) is 5.04. The second-order valence-electron chi connectivity index (χ2n) is 5.04. The number of carbonyl (C=O) groups excluding carboxylic acids is 1. The van der Waals surface area contributed by atoms with Crippen LogP contribution in [0.15, 0.2) is 47.4 Å². The number of para-hydroxylation sites is 1. The molecule has 1 amide bonds. The summed E-state index contributed by atoms with van der Waals surface area (Å²) in [5, 5.41) is 13.0. The maximum atomic E-state index is 12.4. The molecule has 26 heavy (non-hydrogen) atoms. The molecule has 0 spiro atoms. The van der Waals surface area contributed by atoms with Gasteiger partial charge in [-0.25, -0.2) is 0 Å². The fourth-order valence-electron chi connectivity index (χ4n) is 2.03. The van der Waals surface area contributed by atoms with Gasteiger partial charge in [0.15, 0.2) is 0 Å². The van der Waals surface area contributed by atoms with E-state index in [1.54, 1.807) is 0 Å². The Labute approximate surface area is 144 Å². The van der Waals surface area contributed by atoms with Gasteiger partial charge in [0, 0.05) is 24.2 Å². The van der Waals surface area contributed by atoms with Crippen LogP contribution in [0.25, 0.3) is 0 Å². The maximum absolute atomic E-state index is 12.4. The summed E-state index contributed by atoms with van der Waals surface area (Å²) >= 11 is 0. The van der Waals surface area contributed by atoms with Crippen molar-refractivity contribution in [2.24, 2.45) is 0 Å². The molecular formula is C15H12F3N3O5. The standard InChI is InChI=1S/C15H12F3N3O5/c16-15(17,18)26-12-4-2-1-3-10(12)7-19-13(22)9-20-8-11(21(24)25)5-6-14(20)23/h1-6,8H,7,9H2,(H,19,22). The zero-order valence-corrected chi connectivity index (χ0v) is 13.0. The number of benzene rings is 1. The third-order valence-corrected chi connectivity index (χ3v) is 3.17. The van der Waals surface area contributed by atoms with E-state index in [9.17, 15) is 32.9 Å². The molecule has 0 aliphatic carbocycles. The zero-order valence-electron chi connectivity index (χ0n) is 13.0. The lowest BCUT2D eigenvalue weighted by Gasteiger charge is -2.13.